The van der Waals surface area contributed by atoms with Gasteiger partial charge in [0.2, 0.25) is 0 Å². The number of carbonyl (C=O) groups is 1. The van der Waals surface area contributed by atoms with Gasteiger partial charge in [0.25, 0.3) is 0 Å². The number of hydrogen-bond donors (Lipinski definition) is 0. The summed E-state index contributed by atoms with van der Waals surface area (Å²) in [5.41, 5.74) is 1.77. The molecule has 162 valence electrons. The number of rotatable bonds is 2. The van der Waals surface area contributed by atoms with E-state index in [9.17, 15) is 4.79 Å². The van der Waals surface area contributed by atoms with Crippen LogP contribution >= 0.6 is 11.6 Å². The normalized spacial score (nSPS) is 42.8. The van der Waals surface area contributed by atoms with Crippen LogP contribution in [0.3, 0.4) is 0 Å². The van der Waals surface area contributed by atoms with Gasteiger partial charge in [-0.1, -0.05) is 25.4 Å². The Labute approximate surface area is 185 Å². The molecular weight excluding hydrogens is 394 g/mol. The second-order valence-electron chi connectivity index (χ2n) is 10.9. The molecular formula is C26H34ClNO2. The fraction of sp³-hybridized carbons (Fsp3) is 0.654. The standard InChI is InChI=1S/C26H34ClNO2/c1-16-24-21(26(3)12-9-18(29)13-23(26)28(16)4)10-11-25(2)15-20(14-22(24)25)30-19-7-5-17(27)6-8-19/h5-8,13,16,20-22,24H,9-12,14-15H2,1-4H3/t16-,20+,21+,22+,24-,25-,26-/m1/s1. The Bertz CT molecular complexity index is 880. The number of piperidine rings is 1. The van der Waals surface area contributed by atoms with Crippen molar-refractivity contribution in [1.82, 2.24) is 4.90 Å². The lowest BCUT2D eigenvalue weighted by Gasteiger charge is -2.62. The van der Waals surface area contributed by atoms with Gasteiger partial charge in [-0.05, 0) is 86.5 Å². The predicted octanol–water partition coefficient (Wildman–Crippen LogP) is 6.12. The number of carbonyl (C=O) groups excluding carboxylic acids is 1. The summed E-state index contributed by atoms with van der Waals surface area (Å²) < 4.78 is 6.45. The monoisotopic (exact) mass is 427 g/mol. The molecule has 0 radical (unpaired) electrons. The predicted molar refractivity (Wildman–Crippen MR) is 121 cm³/mol. The van der Waals surface area contributed by atoms with E-state index in [-0.39, 0.29) is 11.5 Å². The van der Waals surface area contributed by atoms with E-state index >= 15 is 0 Å². The fourth-order valence-corrected chi connectivity index (χ4v) is 7.79. The van der Waals surface area contributed by atoms with Crippen molar-refractivity contribution in [3.63, 3.8) is 0 Å². The summed E-state index contributed by atoms with van der Waals surface area (Å²) in [7, 11) is 2.21. The van der Waals surface area contributed by atoms with Crippen molar-refractivity contribution >= 4 is 17.4 Å². The molecule has 0 bridgehead atoms. The fourth-order valence-electron chi connectivity index (χ4n) is 7.66. The maximum absolute atomic E-state index is 12.2. The molecule has 0 unspecified atom stereocenters. The van der Waals surface area contributed by atoms with E-state index in [4.69, 9.17) is 16.3 Å². The van der Waals surface area contributed by atoms with Crippen LogP contribution in [0.25, 0.3) is 0 Å². The Morgan fingerprint density at radius 1 is 1.13 bits per heavy atom. The highest BCUT2D eigenvalue weighted by Crippen LogP contribution is 2.65. The van der Waals surface area contributed by atoms with Crippen molar-refractivity contribution in [3.8, 4) is 5.75 Å². The van der Waals surface area contributed by atoms with Gasteiger partial charge in [0.15, 0.2) is 5.78 Å². The van der Waals surface area contributed by atoms with Crippen LogP contribution in [-0.4, -0.2) is 29.9 Å². The van der Waals surface area contributed by atoms with Crippen LogP contribution in [0.2, 0.25) is 5.02 Å². The van der Waals surface area contributed by atoms with E-state index in [0.29, 0.717) is 41.4 Å². The Morgan fingerprint density at radius 2 is 1.87 bits per heavy atom. The summed E-state index contributed by atoms with van der Waals surface area (Å²) in [6.45, 7) is 7.32. The first-order valence-corrected chi connectivity index (χ1v) is 12.0. The Balaban J connectivity index is 1.43. The van der Waals surface area contributed by atoms with Crippen LogP contribution in [0.1, 0.15) is 59.3 Å². The lowest BCUT2D eigenvalue weighted by molar-refractivity contribution is -0.121. The molecule has 0 amide bonds. The van der Waals surface area contributed by atoms with Crippen molar-refractivity contribution in [1.29, 1.82) is 0 Å². The van der Waals surface area contributed by atoms with E-state index in [0.717, 1.165) is 30.0 Å². The van der Waals surface area contributed by atoms with Crippen molar-refractivity contribution in [2.75, 3.05) is 7.05 Å². The maximum atomic E-state index is 12.2. The van der Waals surface area contributed by atoms with Crippen molar-refractivity contribution in [2.24, 2.45) is 28.6 Å². The van der Waals surface area contributed by atoms with Gasteiger partial charge in [-0.25, -0.2) is 0 Å². The van der Waals surface area contributed by atoms with E-state index in [2.05, 4.69) is 32.7 Å². The second-order valence-corrected chi connectivity index (χ2v) is 11.3. The molecule has 3 aliphatic carbocycles. The average Bonchev–Trinajstić information content (AvgIpc) is 3.05. The highest BCUT2D eigenvalue weighted by Gasteiger charge is 2.61. The number of ether oxygens (including phenoxy) is 1. The molecule has 4 aliphatic rings. The third kappa shape index (κ3) is 3.03. The van der Waals surface area contributed by atoms with Crippen molar-refractivity contribution in [2.45, 2.75) is 71.4 Å². The highest BCUT2D eigenvalue weighted by atomic mass is 35.5. The van der Waals surface area contributed by atoms with Crippen LogP contribution in [0, 0.1) is 28.6 Å². The molecule has 1 aliphatic heterocycles. The first kappa shape index (κ1) is 20.4. The smallest absolute Gasteiger partial charge is 0.157 e. The van der Waals surface area contributed by atoms with Gasteiger partial charge in [0, 0.05) is 41.7 Å². The topological polar surface area (TPSA) is 29.5 Å². The molecule has 1 saturated heterocycles. The lowest BCUT2D eigenvalue weighted by Crippen LogP contribution is -2.60. The molecule has 0 N–H and O–H groups in total. The molecule has 1 heterocycles. The molecule has 7 atom stereocenters. The maximum Gasteiger partial charge on any atom is 0.157 e. The van der Waals surface area contributed by atoms with E-state index < -0.39 is 0 Å². The summed E-state index contributed by atoms with van der Waals surface area (Å²) >= 11 is 6.05. The zero-order valence-corrected chi connectivity index (χ0v) is 19.4. The summed E-state index contributed by atoms with van der Waals surface area (Å²) in [5.74, 6) is 3.22. The minimum atomic E-state index is 0.135. The number of halogens is 1. The molecule has 1 aromatic rings. The zero-order chi connectivity index (χ0) is 21.3. The quantitative estimate of drug-likeness (QED) is 0.569. The highest BCUT2D eigenvalue weighted by molar-refractivity contribution is 6.30. The average molecular weight is 428 g/mol. The first-order chi connectivity index (χ1) is 14.2. The van der Waals surface area contributed by atoms with Gasteiger partial charge >= 0.3 is 0 Å². The third-order valence-corrected chi connectivity index (χ3v) is 9.57. The molecule has 4 heteroatoms. The number of allylic oxidation sites excluding steroid dienone is 2. The third-order valence-electron chi connectivity index (χ3n) is 9.32. The van der Waals surface area contributed by atoms with Crippen LogP contribution in [0.15, 0.2) is 36.0 Å². The first-order valence-electron chi connectivity index (χ1n) is 11.6. The Kier molecular flexibility index (Phi) is 4.78. The summed E-state index contributed by atoms with van der Waals surface area (Å²) in [5, 5.41) is 0.749. The number of hydrogen-bond acceptors (Lipinski definition) is 3. The van der Waals surface area contributed by atoms with Gasteiger partial charge in [-0.3, -0.25) is 4.79 Å². The van der Waals surface area contributed by atoms with Crippen molar-refractivity contribution < 1.29 is 9.53 Å². The summed E-state index contributed by atoms with van der Waals surface area (Å²) in [4.78, 5) is 14.7. The van der Waals surface area contributed by atoms with Gasteiger partial charge < -0.3 is 9.64 Å². The van der Waals surface area contributed by atoms with Crippen LogP contribution < -0.4 is 4.74 Å². The number of likely N-dealkylation sites (tertiary alicyclic amines) is 1. The molecule has 5 rings (SSSR count). The van der Waals surface area contributed by atoms with E-state index in [1.54, 1.807) is 0 Å². The number of ketones is 1. The summed E-state index contributed by atoms with van der Waals surface area (Å²) in [6, 6.07) is 8.26. The molecule has 0 aromatic heterocycles. The number of benzene rings is 1. The van der Waals surface area contributed by atoms with E-state index in [1.165, 1.54) is 18.5 Å². The van der Waals surface area contributed by atoms with Crippen LogP contribution in [0.5, 0.6) is 5.75 Å². The van der Waals surface area contributed by atoms with Gasteiger partial charge in [0.05, 0.1) is 6.10 Å². The SMILES string of the molecule is C[C@@H]1[C@H]2[C@@H]3C[C@H](Oc4ccc(Cl)cc4)C[C@@]3(C)CC[C@@H]2[C@@]2(C)CCC(=O)C=C2N1C. The molecule has 2 saturated carbocycles. The molecule has 1 aromatic carbocycles. The largest absolute Gasteiger partial charge is 0.490 e. The number of fused-ring (bicyclic) bond motifs is 5. The van der Waals surface area contributed by atoms with Gasteiger partial charge in [0.1, 0.15) is 5.75 Å². The second kappa shape index (κ2) is 7.02. The minimum absolute atomic E-state index is 0.135. The number of nitrogens with zero attached hydrogens (tertiary/aromatic N) is 1. The van der Waals surface area contributed by atoms with E-state index in [1.807, 2.05) is 30.3 Å². The van der Waals surface area contributed by atoms with Gasteiger partial charge in [-0.2, -0.15) is 0 Å². The van der Waals surface area contributed by atoms with Crippen LogP contribution in [0.4, 0.5) is 0 Å². The Hall–Kier alpha value is -1.48. The molecule has 3 nitrogen and oxygen atoms in total. The lowest BCUT2D eigenvalue weighted by atomic mass is 9.49. The zero-order valence-electron chi connectivity index (χ0n) is 18.7. The Morgan fingerprint density at radius 3 is 2.60 bits per heavy atom. The molecule has 3 fully saturated rings. The van der Waals surface area contributed by atoms with Crippen LogP contribution in [-0.2, 0) is 4.79 Å². The summed E-state index contributed by atoms with van der Waals surface area (Å²) in [6.07, 6.45) is 8.75. The van der Waals surface area contributed by atoms with Gasteiger partial charge in [-0.15, -0.1) is 0 Å². The molecule has 0 spiro atoms. The molecule has 30 heavy (non-hydrogen) atoms. The van der Waals surface area contributed by atoms with Crippen molar-refractivity contribution in [3.05, 3.63) is 41.1 Å². The minimum Gasteiger partial charge on any atom is -0.490 e.